The summed E-state index contributed by atoms with van der Waals surface area (Å²) in [7, 11) is 0. The van der Waals surface area contributed by atoms with E-state index in [0.29, 0.717) is 39.4 Å². The lowest BCUT2D eigenvalue weighted by atomic mass is 10.1. The highest BCUT2D eigenvalue weighted by molar-refractivity contribution is 8.15. The van der Waals surface area contributed by atoms with Crippen LogP contribution in [0.4, 0.5) is 5.69 Å². The highest BCUT2D eigenvalue weighted by atomic mass is 32.2. The van der Waals surface area contributed by atoms with Crippen molar-refractivity contribution in [3.8, 4) is 5.75 Å². The van der Waals surface area contributed by atoms with Crippen LogP contribution in [-0.2, 0) is 9.59 Å². The monoisotopic (exact) mass is 433 g/mol. The first-order valence-corrected chi connectivity index (χ1v) is 10.4. The summed E-state index contributed by atoms with van der Waals surface area (Å²) in [6.07, 6.45) is 1.65. The number of nitrogens with zero attached hydrogens (tertiary/aromatic N) is 4. The second-order valence-electron chi connectivity index (χ2n) is 6.90. The quantitative estimate of drug-likeness (QED) is 0.439. The van der Waals surface area contributed by atoms with Crippen molar-refractivity contribution in [1.29, 1.82) is 0 Å². The molecule has 9 heteroatoms. The second-order valence-corrected chi connectivity index (χ2v) is 7.86. The van der Waals surface area contributed by atoms with Gasteiger partial charge < -0.3 is 10.4 Å². The molecule has 1 saturated heterocycles. The van der Waals surface area contributed by atoms with Gasteiger partial charge in [0.25, 0.3) is 5.91 Å². The van der Waals surface area contributed by atoms with Crippen LogP contribution in [0.25, 0.3) is 6.08 Å². The largest absolute Gasteiger partial charge is 0.508 e. The number of hydrogen-bond donors (Lipinski definition) is 2. The summed E-state index contributed by atoms with van der Waals surface area (Å²) in [6, 6.07) is 14.0. The number of aliphatic imine (C=N–C) groups is 1. The summed E-state index contributed by atoms with van der Waals surface area (Å²) < 4.78 is 0. The Bertz CT molecular complexity index is 1180. The van der Waals surface area contributed by atoms with E-state index < -0.39 is 0 Å². The van der Waals surface area contributed by atoms with Gasteiger partial charge in [0.1, 0.15) is 17.3 Å². The van der Waals surface area contributed by atoms with Gasteiger partial charge in [0.05, 0.1) is 17.2 Å². The van der Waals surface area contributed by atoms with Crippen LogP contribution >= 0.6 is 11.8 Å². The molecule has 0 bridgehead atoms. The molecule has 4 rings (SSSR count). The Hall–Kier alpha value is -3.72. The number of thioether (sulfide) groups is 1. The molecule has 0 saturated carbocycles. The first-order chi connectivity index (χ1) is 14.9. The van der Waals surface area contributed by atoms with Crippen LogP contribution in [0.5, 0.6) is 5.75 Å². The van der Waals surface area contributed by atoms with E-state index in [0.717, 1.165) is 5.56 Å². The molecule has 156 valence electrons. The van der Waals surface area contributed by atoms with E-state index in [1.54, 1.807) is 37.3 Å². The van der Waals surface area contributed by atoms with E-state index in [1.165, 1.54) is 16.7 Å². The molecular formula is C22H19N5O3S. The molecule has 0 radical (unpaired) electrons. The van der Waals surface area contributed by atoms with Gasteiger partial charge >= 0.3 is 0 Å². The molecule has 0 aromatic heterocycles. The summed E-state index contributed by atoms with van der Waals surface area (Å²) in [5, 5.41) is 21.0. The predicted molar refractivity (Wildman–Crippen MR) is 123 cm³/mol. The fourth-order valence-electron chi connectivity index (χ4n) is 3.11. The zero-order valence-electron chi connectivity index (χ0n) is 16.9. The van der Waals surface area contributed by atoms with Crippen LogP contribution in [0, 0.1) is 0 Å². The fraction of sp³-hybridized carbons (Fsp3) is 0.136. The fourth-order valence-corrected chi connectivity index (χ4v) is 3.74. The number of amides is 2. The smallest absolute Gasteiger partial charge is 0.282 e. The Balaban J connectivity index is 1.52. The number of benzene rings is 2. The third-order valence-corrected chi connectivity index (χ3v) is 5.49. The van der Waals surface area contributed by atoms with E-state index in [9.17, 15) is 14.7 Å². The molecule has 2 heterocycles. The van der Waals surface area contributed by atoms with Crippen molar-refractivity contribution in [2.45, 2.75) is 13.8 Å². The van der Waals surface area contributed by atoms with Crippen LogP contribution in [-0.4, -0.2) is 39.4 Å². The first kappa shape index (κ1) is 20.5. The van der Waals surface area contributed by atoms with Crippen LogP contribution in [0.1, 0.15) is 25.0 Å². The molecule has 0 spiro atoms. The molecule has 0 unspecified atom stereocenters. The molecule has 8 nitrogen and oxygen atoms in total. The molecule has 31 heavy (non-hydrogen) atoms. The van der Waals surface area contributed by atoms with E-state index in [2.05, 4.69) is 20.5 Å². The minimum Gasteiger partial charge on any atom is -0.508 e. The minimum atomic E-state index is -0.237. The average molecular weight is 433 g/mol. The molecule has 0 atom stereocenters. The number of aromatic hydroxyl groups is 1. The third-order valence-electron chi connectivity index (χ3n) is 4.62. The highest BCUT2D eigenvalue weighted by Crippen LogP contribution is 2.26. The maximum atomic E-state index is 12.9. The van der Waals surface area contributed by atoms with Gasteiger partial charge in [-0.3, -0.25) is 14.5 Å². The minimum absolute atomic E-state index is 0.0780. The molecule has 2 aliphatic rings. The number of phenolic OH excluding ortho intramolecular Hbond substituents is 1. The van der Waals surface area contributed by atoms with Crippen LogP contribution in [0.2, 0.25) is 0 Å². The van der Waals surface area contributed by atoms with Crippen molar-refractivity contribution in [2.75, 3.05) is 10.7 Å². The number of hydrogen-bond acceptors (Lipinski definition) is 7. The zero-order valence-corrected chi connectivity index (χ0v) is 17.7. The Labute approximate surface area is 183 Å². The van der Waals surface area contributed by atoms with Crippen molar-refractivity contribution < 1.29 is 14.7 Å². The molecule has 2 N–H and O–H groups in total. The number of nitrogens with one attached hydrogen (secondary N) is 1. The van der Waals surface area contributed by atoms with Crippen molar-refractivity contribution >= 4 is 52.1 Å². The summed E-state index contributed by atoms with van der Waals surface area (Å²) in [5.74, 6) is 0.735. The van der Waals surface area contributed by atoms with E-state index in [-0.39, 0.29) is 17.6 Å². The third kappa shape index (κ3) is 4.56. The maximum Gasteiger partial charge on any atom is 0.282 e. The molecule has 0 aliphatic carbocycles. The Morgan fingerprint density at radius 3 is 2.68 bits per heavy atom. The van der Waals surface area contributed by atoms with Gasteiger partial charge in [-0.25, -0.2) is 4.99 Å². The molecular weight excluding hydrogens is 414 g/mol. The number of phenols is 1. The molecule has 2 aromatic carbocycles. The molecule has 1 fully saturated rings. The maximum absolute atomic E-state index is 12.9. The van der Waals surface area contributed by atoms with Crippen molar-refractivity contribution in [2.24, 2.45) is 15.2 Å². The first-order valence-electron chi connectivity index (χ1n) is 9.46. The summed E-state index contributed by atoms with van der Waals surface area (Å²) >= 11 is 1.31. The zero-order chi connectivity index (χ0) is 22.0. The van der Waals surface area contributed by atoms with Crippen molar-refractivity contribution in [3.63, 3.8) is 0 Å². The van der Waals surface area contributed by atoms with E-state index in [1.807, 2.05) is 31.2 Å². The van der Waals surface area contributed by atoms with Gasteiger partial charge in [-0.05, 0) is 55.3 Å². The van der Waals surface area contributed by atoms with Gasteiger partial charge in [-0.1, -0.05) is 36.0 Å². The highest BCUT2D eigenvalue weighted by Gasteiger charge is 2.28. The average Bonchev–Trinajstić information content (AvgIpc) is 3.28. The summed E-state index contributed by atoms with van der Waals surface area (Å²) in [5.41, 5.74) is 3.22. The Morgan fingerprint density at radius 1 is 1.23 bits per heavy atom. The lowest BCUT2D eigenvalue weighted by Gasteiger charge is -2.16. The normalized spacial score (nSPS) is 19.4. The number of amidine groups is 2. The van der Waals surface area contributed by atoms with E-state index in [4.69, 9.17) is 0 Å². The predicted octanol–water partition coefficient (Wildman–Crippen LogP) is 3.14. The number of carbonyl (C=O) groups is 2. The van der Waals surface area contributed by atoms with E-state index >= 15 is 0 Å². The SMILES string of the molecule is CC1=N/C(=C\c2cccc(O)c2)C(=O)N1c1ccc(/C(C)=N/N=C2/NC(=O)CS2)cc1. The number of anilines is 1. The van der Waals surface area contributed by atoms with Gasteiger partial charge in [-0.2, -0.15) is 5.10 Å². The molecule has 2 aromatic rings. The van der Waals surface area contributed by atoms with Gasteiger partial charge in [0.2, 0.25) is 5.91 Å². The second kappa shape index (κ2) is 8.57. The topological polar surface area (TPSA) is 107 Å². The summed E-state index contributed by atoms with van der Waals surface area (Å²) in [4.78, 5) is 30.0. The van der Waals surface area contributed by atoms with Crippen LogP contribution in [0.3, 0.4) is 0 Å². The lowest BCUT2D eigenvalue weighted by Crippen LogP contribution is -2.30. The summed E-state index contributed by atoms with van der Waals surface area (Å²) in [6.45, 7) is 3.59. The Kier molecular flexibility index (Phi) is 5.68. The van der Waals surface area contributed by atoms with Gasteiger partial charge in [0.15, 0.2) is 5.17 Å². The van der Waals surface area contributed by atoms with Gasteiger partial charge in [-0.15, -0.1) is 5.10 Å². The number of carbonyl (C=O) groups excluding carboxylic acids is 2. The van der Waals surface area contributed by atoms with Crippen LogP contribution in [0.15, 0.2) is 69.4 Å². The molecule has 2 aliphatic heterocycles. The number of rotatable bonds is 4. The standard InChI is InChI=1S/C22H19N5O3S/c1-13(25-26-22-24-20(29)12-31-22)16-6-8-17(9-7-16)27-14(2)23-19(21(27)30)11-15-4-3-5-18(28)10-15/h3-11,28H,12H2,1-2H3,(H,24,26,29)/b19-11-,25-13+. The van der Waals surface area contributed by atoms with Crippen molar-refractivity contribution in [1.82, 2.24) is 5.32 Å². The molecule has 2 amide bonds. The van der Waals surface area contributed by atoms with Crippen molar-refractivity contribution in [3.05, 3.63) is 65.4 Å². The van der Waals surface area contributed by atoms with Crippen LogP contribution < -0.4 is 10.2 Å². The Morgan fingerprint density at radius 2 is 2.00 bits per heavy atom. The lowest BCUT2D eigenvalue weighted by molar-refractivity contribution is -0.117. The van der Waals surface area contributed by atoms with Gasteiger partial charge in [0, 0.05) is 0 Å².